The molecule has 0 aliphatic carbocycles. The molecule has 2 aromatic carbocycles. The summed E-state index contributed by atoms with van der Waals surface area (Å²) in [6, 6.07) is 18.2. The molecule has 0 radical (unpaired) electrons. The summed E-state index contributed by atoms with van der Waals surface area (Å²) in [5.41, 5.74) is 4.23. The van der Waals surface area contributed by atoms with Crippen molar-refractivity contribution in [3.05, 3.63) is 95.4 Å². The first-order valence-corrected chi connectivity index (χ1v) is 10.6. The van der Waals surface area contributed by atoms with Gasteiger partial charge in [0.1, 0.15) is 17.9 Å². The van der Waals surface area contributed by atoms with Gasteiger partial charge in [0, 0.05) is 41.8 Å². The van der Waals surface area contributed by atoms with E-state index >= 15 is 0 Å². The molecule has 2 heterocycles. The SMILES string of the molecule is COCCOC(=O)c1ccc(NC(c2ccncc2)c2ccc3ccc(C)nc3c2O)cc1. The average molecular weight is 444 g/mol. The normalized spacial score (nSPS) is 11.8. The molecule has 168 valence electrons. The third kappa shape index (κ3) is 5.10. The van der Waals surface area contributed by atoms with Crippen molar-refractivity contribution in [3.8, 4) is 5.75 Å². The first-order valence-electron chi connectivity index (χ1n) is 10.6. The maximum Gasteiger partial charge on any atom is 0.338 e. The smallest absolute Gasteiger partial charge is 0.338 e. The molecule has 0 fully saturated rings. The number of hydrogen-bond acceptors (Lipinski definition) is 7. The molecule has 0 aliphatic heterocycles. The summed E-state index contributed by atoms with van der Waals surface area (Å²) in [7, 11) is 1.55. The van der Waals surface area contributed by atoms with Crippen molar-refractivity contribution in [2.75, 3.05) is 25.6 Å². The number of ether oxygens (including phenoxy) is 2. The number of nitrogens with zero attached hydrogens (tertiary/aromatic N) is 2. The van der Waals surface area contributed by atoms with E-state index < -0.39 is 5.97 Å². The highest BCUT2D eigenvalue weighted by Crippen LogP contribution is 2.36. The number of phenolic OH excluding ortho intramolecular Hbond substituents is 1. The average Bonchev–Trinajstić information content (AvgIpc) is 2.84. The van der Waals surface area contributed by atoms with Crippen molar-refractivity contribution < 1.29 is 19.4 Å². The number of nitrogens with one attached hydrogen (secondary N) is 1. The highest BCUT2D eigenvalue weighted by Gasteiger charge is 2.20. The van der Waals surface area contributed by atoms with E-state index in [0.29, 0.717) is 23.3 Å². The summed E-state index contributed by atoms with van der Waals surface area (Å²) in [5, 5.41) is 15.4. The number of aromatic hydroxyl groups is 1. The van der Waals surface area contributed by atoms with Crippen LogP contribution in [-0.2, 0) is 9.47 Å². The lowest BCUT2D eigenvalue weighted by molar-refractivity contribution is 0.0388. The summed E-state index contributed by atoms with van der Waals surface area (Å²) in [6.45, 7) is 2.45. The second-order valence-electron chi connectivity index (χ2n) is 7.59. The van der Waals surface area contributed by atoms with Crippen molar-refractivity contribution in [3.63, 3.8) is 0 Å². The highest BCUT2D eigenvalue weighted by atomic mass is 16.6. The summed E-state index contributed by atoms with van der Waals surface area (Å²) in [6.07, 6.45) is 3.42. The van der Waals surface area contributed by atoms with Gasteiger partial charge in [-0.05, 0) is 55.0 Å². The minimum absolute atomic E-state index is 0.129. The molecule has 2 N–H and O–H groups in total. The molecule has 0 aliphatic rings. The fourth-order valence-electron chi connectivity index (χ4n) is 3.59. The molecule has 0 bridgehead atoms. The Bertz CT molecular complexity index is 1240. The predicted octanol–water partition coefficient (Wildman–Crippen LogP) is 4.65. The van der Waals surface area contributed by atoms with Gasteiger partial charge >= 0.3 is 5.97 Å². The second-order valence-corrected chi connectivity index (χ2v) is 7.59. The fourth-order valence-corrected chi connectivity index (χ4v) is 3.59. The van der Waals surface area contributed by atoms with Crippen molar-refractivity contribution in [2.45, 2.75) is 13.0 Å². The number of phenols is 1. The number of pyridine rings is 2. The number of fused-ring (bicyclic) bond motifs is 1. The standard InChI is InChI=1S/C26H25N3O4/c1-17-3-4-18-7-10-22(25(30)24(18)28-17)23(19-11-13-27-14-12-19)29-21-8-5-20(6-9-21)26(31)33-16-15-32-2/h3-14,23,29-30H,15-16H2,1-2H3. The van der Waals surface area contributed by atoms with E-state index in [1.165, 1.54) is 0 Å². The molecule has 0 saturated heterocycles. The van der Waals surface area contributed by atoms with E-state index in [-0.39, 0.29) is 18.4 Å². The zero-order valence-electron chi connectivity index (χ0n) is 18.5. The van der Waals surface area contributed by atoms with Gasteiger partial charge in [-0.15, -0.1) is 0 Å². The van der Waals surface area contributed by atoms with Crippen LogP contribution in [0.2, 0.25) is 0 Å². The summed E-state index contributed by atoms with van der Waals surface area (Å²) in [5.74, 6) is -0.276. The largest absolute Gasteiger partial charge is 0.505 e. The van der Waals surface area contributed by atoms with E-state index in [4.69, 9.17) is 9.47 Å². The monoisotopic (exact) mass is 443 g/mol. The number of benzene rings is 2. The van der Waals surface area contributed by atoms with Gasteiger partial charge in [-0.2, -0.15) is 0 Å². The number of aryl methyl sites for hydroxylation is 1. The first kappa shape index (κ1) is 22.2. The first-order chi connectivity index (χ1) is 16.1. The van der Waals surface area contributed by atoms with Crippen LogP contribution in [0.25, 0.3) is 10.9 Å². The minimum atomic E-state index is -0.405. The Morgan fingerprint density at radius 3 is 2.45 bits per heavy atom. The maximum atomic E-state index is 12.1. The van der Waals surface area contributed by atoms with Crippen LogP contribution >= 0.6 is 0 Å². The topological polar surface area (TPSA) is 93.6 Å². The zero-order valence-corrected chi connectivity index (χ0v) is 18.5. The fraction of sp³-hybridized carbons (Fsp3) is 0.192. The Labute approximate surface area is 192 Å². The van der Waals surface area contributed by atoms with Crippen LogP contribution in [0.5, 0.6) is 5.75 Å². The van der Waals surface area contributed by atoms with E-state index in [0.717, 1.165) is 22.3 Å². The van der Waals surface area contributed by atoms with Crippen LogP contribution in [0.1, 0.15) is 33.2 Å². The molecular formula is C26H25N3O4. The van der Waals surface area contributed by atoms with Crippen LogP contribution in [0.3, 0.4) is 0 Å². The summed E-state index contributed by atoms with van der Waals surface area (Å²) >= 11 is 0. The number of carbonyl (C=O) groups excluding carboxylic acids is 1. The van der Waals surface area contributed by atoms with Gasteiger partial charge in [0.15, 0.2) is 0 Å². The van der Waals surface area contributed by atoms with Gasteiger partial charge in [0.25, 0.3) is 0 Å². The van der Waals surface area contributed by atoms with Crippen LogP contribution in [-0.4, -0.2) is 41.4 Å². The predicted molar refractivity (Wildman–Crippen MR) is 126 cm³/mol. The number of methoxy groups -OCH3 is 1. The molecular weight excluding hydrogens is 418 g/mol. The van der Waals surface area contributed by atoms with Gasteiger partial charge in [-0.3, -0.25) is 4.98 Å². The molecule has 1 unspecified atom stereocenters. The van der Waals surface area contributed by atoms with Gasteiger partial charge in [0.2, 0.25) is 0 Å². The molecule has 7 nitrogen and oxygen atoms in total. The molecule has 4 aromatic rings. The van der Waals surface area contributed by atoms with Crippen LogP contribution < -0.4 is 5.32 Å². The van der Waals surface area contributed by atoms with Crippen molar-refractivity contribution >= 4 is 22.6 Å². The Balaban J connectivity index is 1.65. The summed E-state index contributed by atoms with van der Waals surface area (Å²) < 4.78 is 10.1. The third-order valence-corrected chi connectivity index (χ3v) is 5.31. The van der Waals surface area contributed by atoms with Gasteiger partial charge in [-0.25, -0.2) is 9.78 Å². The van der Waals surface area contributed by atoms with Crippen LogP contribution in [0, 0.1) is 6.92 Å². The molecule has 0 amide bonds. The van der Waals surface area contributed by atoms with Gasteiger partial charge in [0.05, 0.1) is 18.2 Å². The van der Waals surface area contributed by atoms with E-state index in [9.17, 15) is 9.90 Å². The highest BCUT2D eigenvalue weighted by molar-refractivity contribution is 5.90. The second kappa shape index (κ2) is 10.1. The quantitative estimate of drug-likeness (QED) is 0.302. The van der Waals surface area contributed by atoms with Gasteiger partial charge < -0.3 is 19.9 Å². The lowest BCUT2D eigenvalue weighted by atomic mass is 9.96. The van der Waals surface area contributed by atoms with Crippen molar-refractivity contribution in [2.24, 2.45) is 0 Å². The molecule has 4 rings (SSSR count). The Kier molecular flexibility index (Phi) is 6.80. The van der Waals surface area contributed by atoms with E-state index in [1.807, 2.05) is 55.5 Å². The number of esters is 1. The Morgan fingerprint density at radius 2 is 1.73 bits per heavy atom. The molecule has 0 spiro atoms. The lowest BCUT2D eigenvalue weighted by Crippen LogP contribution is -2.13. The molecule has 7 heteroatoms. The maximum absolute atomic E-state index is 12.1. The van der Waals surface area contributed by atoms with Crippen LogP contribution in [0.4, 0.5) is 5.69 Å². The lowest BCUT2D eigenvalue weighted by Gasteiger charge is -2.22. The molecule has 2 aromatic heterocycles. The van der Waals surface area contributed by atoms with E-state index in [1.54, 1.807) is 31.6 Å². The molecule has 0 saturated carbocycles. The van der Waals surface area contributed by atoms with Gasteiger partial charge in [-0.1, -0.05) is 18.2 Å². The van der Waals surface area contributed by atoms with Crippen molar-refractivity contribution in [1.29, 1.82) is 0 Å². The summed E-state index contributed by atoms with van der Waals surface area (Å²) in [4.78, 5) is 20.8. The van der Waals surface area contributed by atoms with Crippen molar-refractivity contribution in [1.82, 2.24) is 9.97 Å². The Morgan fingerprint density at radius 1 is 1.00 bits per heavy atom. The zero-order chi connectivity index (χ0) is 23.2. The van der Waals surface area contributed by atoms with Crippen LogP contribution in [0.15, 0.2) is 73.1 Å². The molecule has 33 heavy (non-hydrogen) atoms. The number of aromatic nitrogens is 2. The minimum Gasteiger partial charge on any atom is -0.505 e. The third-order valence-electron chi connectivity index (χ3n) is 5.31. The Hall–Kier alpha value is -3.97. The number of rotatable bonds is 8. The molecule has 1 atom stereocenters. The van der Waals surface area contributed by atoms with E-state index in [2.05, 4.69) is 15.3 Å². The number of hydrogen-bond donors (Lipinski definition) is 2. The number of anilines is 1. The number of carbonyl (C=O) groups is 1.